The van der Waals surface area contributed by atoms with Crippen LogP contribution in [-0.4, -0.2) is 27.2 Å². The van der Waals surface area contributed by atoms with Gasteiger partial charge in [0.1, 0.15) is 0 Å². The van der Waals surface area contributed by atoms with Crippen LogP contribution in [0.4, 0.5) is 5.69 Å². The summed E-state index contributed by atoms with van der Waals surface area (Å²) in [7, 11) is 4.54. The first kappa shape index (κ1) is 18.6. The van der Waals surface area contributed by atoms with E-state index in [0.29, 0.717) is 28.7 Å². The lowest BCUT2D eigenvalue weighted by molar-refractivity contribution is 0.102. The highest BCUT2D eigenvalue weighted by atomic mass is 16.5. The van der Waals surface area contributed by atoms with Crippen LogP contribution in [0.25, 0.3) is 0 Å². The van der Waals surface area contributed by atoms with Crippen molar-refractivity contribution in [3.05, 3.63) is 47.5 Å². The third-order valence-electron chi connectivity index (χ3n) is 4.30. The summed E-state index contributed by atoms with van der Waals surface area (Å²) in [6.45, 7) is 4.34. The van der Waals surface area contributed by atoms with Crippen molar-refractivity contribution in [3.8, 4) is 17.2 Å². The van der Waals surface area contributed by atoms with Crippen molar-refractivity contribution in [2.75, 3.05) is 26.6 Å². The van der Waals surface area contributed by atoms with Crippen molar-refractivity contribution >= 4 is 11.6 Å². The van der Waals surface area contributed by atoms with Crippen LogP contribution < -0.4 is 19.5 Å². The van der Waals surface area contributed by atoms with E-state index in [-0.39, 0.29) is 5.91 Å². The van der Waals surface area contributed by atoms with E-state index in [1.165, 1.54) is 26.9 Å². The standard InChI is InChI=1S/C20H25NO4/c1-6-13(2)14-7-9-15(10-8-14)21-20(22)16-11-12-17(23-3)19(25-5)18(16)24-4/h7-13H,6H2,1-5H3,(H,21,22). The van der Waals surface area contributed by atoms with Crippen molar-refractivity contribution in [2.45, 2.75) is 26.2 Å². The summed E-state index contributed by atoms with van der Waals surface area (Å²) in [5.74, 6) is 1.47. The first-order chi connectivity index (χ1) is 12.0. The number of amides is 1. The quantitative estimate of drug-likeness (QED) is 0.805. The Balaban J connectivity index is 2.26. The van der Waals surface area contributed by atoms with Crippen molar-refractivity contribution in [1.29, 1.82) is 0 Å². The molecule has 0 aliphatic rings. The van der Waals surface area contributed by atoms with Crippen LogP contribution in [0, 0.1) is 0 Å². The third-order valence-corrected chi connectivity index (χ3v) is 4.30. The number of nitrogens with one attached hydrogen (secondary N) is 1. The Morgan fingerprint density at radius 1 is 0.960 bits per heavy atom. The fraction of sp³-hybridized carbons (Fsp3) is 0.350. The normalized spacial score (nSPS) is 11.6. The van der Waals surface area contributed by atoms with Gasteiger partial charge in [-0.2, -0.15) is 0 Å². The maximum atomic E-state index is 12.6. The molecule has 134 valence electrons. The summed E-state index contributed by atoms with van der Waals surface area (Å²) in [4.78, 5) is 12.6. The van der Waals surface area contributed by atoms with Crippen LogP contribution in [0.15, 0.2) is 36.4 Å². The fourth-order valence-corrected chi connectivity index (χ4v) is 2.61. The van der Waals surface area contributed by atoms with E-state index in [0.717, 1.165) is 12.1 Å². The molecule has 0 spiro atoms. The molecule has 1 amide bonds. The molecule has 0 bridgehead atoms. The number of hydrogen-bond acceptors (Lipinski definition) is 4. The molecule has 1 unspecified atom stereocenters. The summed E-state index contributed by atoms with van der Waals surface area (Å²) < 4.78 is 15.9. The molecule has 0 aliphatic carbocycles. The highest BCUT2D eigenvalue weighted by Crippen LogP contribution is 2.39. The van der Waals surface area contributed by atoms with Gasteiger partial charge in [-0.15, -0.1) is 0 Å². The Morgan fingerprint density at radius 2 is 1.60 bits per heavy atom. The van der Waals surface area contributed by atoms with E-state index in [4.69, 9.17) is 14.2 Å². The van der Waals surface area contributed by atoms with E-state index < -0.39 is 0 Å². The van der Waals surface area contributed by atoms with Gasteiger partial charge in [0.15, 0.2) is 11.5 Å². The van der Waals surface area contributed by atoms with Crippen molar-refractivity contribution in [3.63, 3.8) is 0 Å². The van der Waals surface area contributed by atoms with E-state index in [1.807, 2.05) is 24.3 Å². The molecule has 0 fully saturated rings. The zero-order valence-electron chi connectivity index (χ0n) is 15.4. The van der Waals surface area contributed by atoms with Gasteiger partial charge in [-0.25, -0.2) is 0 Å². The molecule has 25 heavy (non-hydrogen) atoms. The van der Waals surface area contributed by atoms with Crippen LogP contribution in [-0.2, 0) is 0 Å². The largest absolute Gasteiger partial charge is 0.493 e. The smallest absolute Gasteiger partial charge is 0.259 e. The second-order valence-corrected chi connectivity index (χ2v) is 5.77. The maximum Gasteiger partial charge on any atom is 0.259 e. The van der Waals surface area contributed by atoms with Crippen LogP contribution >= 0.6 is 0 Å². The Morgan fingerprint density at radius 3 is 2.12 bits per heavy atom. The van der Waals surface area contributed by atoms with Crippen molar-refractivity contribution in [1.82, 2.24) is 0 Å². The second-order valence-electron chi connectivity index (χ2n) is 5.77. The fourth-order valence-electron chi connectivity index (χ4n) is 2.61. The van der Waals surface area contributed by atoms with E-state index in [1.54, 1.807) is 12.1 Å². The Labute approximate surface area is 148 Å². The predicted octanol–water partition coefficient (Wildman–Crippen LogP) is 4.48. The average molecular weight is 343 g/mol. The van der Waals surface area contributed by atoms with Crippen LogP contribution in [0.1, 0.15) is 42.1 Å². The van der Waals surface area contributed by atoms with Gasteiger partial charge in [0.05, 0.1) is 26.9 Å². The zero-order valence-corrected chi connectivity index (χ0v) is 15.4. The van der Waals surface area contributed by atoms with Crippen LogP contribution in [0.2, 0.25) is 0 Å². The maximum absolute atomic E-state index is 12.6. The predicted molar refractivity (Wildman–Crippen MR) is 99.2 cm³/mol. The van der Waals surface area contributed by atoms with Gasteiger partial charge < -0.3 is 19.5 Å². The minimum Gasteiger partial charge on any atom is -0.493 e. The van der Waals surface area contributed by atoms with Gasteiger partial charge in [-0.3, -0.25) is 4.79 Å². The molecule has 1 N–H and O–H groups in total. The zero-order chi connectivity index (χ0) is 18.4. The Kier molecular flexibility index (Phi) is 6.28. The van der Waals surface area contributed by atoms with E-state index in [9.17, 15) is 4.79 Å². The number of benzene rings is 2. The molecular weight excluding hydrogens is 318 g/mol. The van der Waals surface area contributed by atoms with E-state index in [2.05, 4.69) is 19.2 Å². The summed E-state index contributed by atoms with van der Waals surface area (Å²) in [6, 6.07) is 11.2. The molecule has 2 aromatic carbocycles. The highest BCUT2D eigenvalue weighted by Gasteiger charge is 2.20. The molecule has 2 aromatic rings. The van der Waals surface area contributed by atoms with Gasteiger partial charge in [0.25, 0.3) is 5.91 Å². The lowest BCUT2D eigenvalue weighted by atomic mass is 9.98. The molecule has 5 heteroatoms. The van der Waals surface area contributed by atoms with Crippen LogP contribution in [0.5, 0.6) is 17.2 Å². The van der Waals surface area contributed by atoms with Crippen LogP contribution in [0.3, 0.4) is 0 Å². The summed E-state index contributed by atoms with van der Waals surface area (Å²) >= 11 is 0. The van der Waals surface area contributed by atoms with E-state index >= 15 is 0 Å². The van der Waals surface area contributed by atoms with Crippen molar-refractivity contribution < 1.29 is 19.0 Å². The molecule has 1 atom stereocenters. The number of methoxy groups -OCH3 is 3. The minimum atomic E-state index is -0.269. The van der Waals surface area contributed by atoms with Gasteiger partial charge in [-0.05, 0) is 42.2 Å². The molecule has 0 radical (unpaired) electrons. The summed E-state index contributed by atoms with van der Waals surface area (Å²) in [6.07, 6.45) is 1.08. The Bertz CT molecular complexity index is 725. The topological polar surface area (TPSA) is 56.8 Å². The van der Waals surface area contributed by atoms with Gasteiger partial charge in [0, 0.05) is 5.69 Å². The monoisotopic (exact) mass is 343 g/mol. The van der Waals surface area contributed by atoms with Gasteiger partial charge in [-0.1, -0.05) is 26.0 Å². The number of carbonyl (C=O) groups excluding carboxylic acids is 1. The summed E-state index contributed by atoms with van der Waals surface area (Å²) in [5, 5.41) is 2.89. The second kappa shape index (κ2) is 8.42. The average Bonchev–Trinajstić information content (AvgIpc) is 2.66. The van der Waals surface area contributed by atoms with Gasteiger partial charge >= 0.3 is 0 Å². The number of hydrogen-bond donors (Lipinski definition) is 1. The summed E-state index contributed by atoms with van der Waals surface area (Å²) in [5.41, 5.74) is 2.37. The lowest BCUT2D eigenvalue weighted by Gasteiger charge is -2.16. The number of anilines is 1. The molecule has 0 heterocycles. The van der Waals surface area contributed by atoms with Crippen molar-refractivity contribution in [2.24, 2.45) is 0 Å². The van der Waals surface area contributed by atoms with Gasteiger partial charge in [0.2, 0.25) is 5.75 Å². The lowest BCUT2D eigenvalue weighted by Crippen LogP contribution is -2.14. The molecule has 0 saturated carbocycles. The third kappa shape index (κ3) is 4.05. The Hall–Kier alpha value is -2.69. The molecule has 5 nitrogen and oxygen atoms in total. The molecule has 2 rings (SSSR count). The molecule has 0 aliphatic heterocycles. The number of ether oxygens (including phenoxy) is 3. The number of carbonyl (C=O) groups is 1. The minimum absolute atomic E-state index is 0.269. The first-order valence-corrected chi connectivity index (χ1v) is 8.25. The first-order valence-electron chi connectivity index (χ1n) is 8.25. The molecule has 0 saturated heterocycles. The number of rotatable bonds is 7. The molecule has 0 aromatic heterocycles. The molecular formula is C20H25NO4. The highest BCUT2D eigenvalue weighted by molar-refractivity contribution is 6.07. The SMILES string of the molecule is CCC(C)c1ccc(NC(=O)c2ccc(OC)c(OC)c2OC)cc1.